The molecule has 4 heterocycles. The van der Waals surface area contributed by atoms with Gasteiger partial charge in [0, 0.05) is 23.0 Å². The highest BCUT2D eigenvalue weighted by molar-refractivity contribution is 5.99. The molecule has 1 amide bonds. The van der Waals surface area contributed by atoms with Gasteiger partial charge in [0.05, 0.1) is 18.4 Å². The fourth-order valence-corrected chi connectivity index (χ4v) is 3.43. The monoisotopic (exact) mass is 374 g/mol. The standard InChI is InChI=1S/C20H15FN6O/c1-11-14-9-16(28)24-18(14)25-19(23-11)17-13-6-4-8-22-20(13)27(26-17)10-12-5-2-3-7-15(12)21/h2-8H,9-10H2,1H3,(H,23,24,25,28). The number of nitrogens with zero attached hydrogens (tertiary/aromatic N) is 5. The van der Waals surface area contributed by atoms with E-state index in [-0.39, 0.29) is 24.7 Å². The van der Waals surface area contributed by atoms with Crippen LogP contribution in [0.2, 0.25) is 0 Å². The zero-order chi connectivity index (χ0) is 19.3. The molecule has 138 valence electrons. The highest BCUT2D eigenvalue weighted by atomic mass is 19.1. The number of halogens is 1. The number of hydrogen-bond acceptors (Lipinski definition) is 5. The van der Waals surface area contributed by atoms with E-state index in [2.05, 4.69) is 25.4 Å². The second-order valence-corrected chi connectivity index (χ2v) is 6.66. The predicted octanol–water partition coefficient (Wildman–Crippen LogP) is 2.88. The normalized spacial score (nSPS) is 13.0. The number of carbonyl (C=O) groups excluding carboxylic acids is 1. The van der Waals surface area contributed by atoms with Gasteiger partial charge in [-0.1, -0.05) is 18.2 Å². The molecule has 1 aromatic carbocycles. The molecule has 0 spiro atoms. The first-order chi connectivity index (χ1) is 13.6. The third-order valence-electron chi connectivity index (χ3n) is 4.81. The lowest BCUT2D eigenvalue weighted by Gasteiger charge is -2.05. The number of aryl methyl sites for hydroxylation is 1. The van der Waals surface area contributed by atoms with Gasteiger partial charge in [-0.15, -0.1) is 0 Å². The molecule has 3 aromatic heterocycles. The summed E-state index contributed by atoms with van der Waals surface area (Å²) in [7, 11) is 0. The van der Waals surface area contributed by atoms with E-state index in [0.717, 1.165) is 16.6 Å². The average molecular weight is 374 g/mol. The van der Waals surface area contributed by atoms with Crippen molar-refractivity contribution in [3.63, 3.8) is 0 Å². The second-order valence-electron chi connectivity index (χ2n) is 6.66. The van der Waals surface area contributed by atoms with Crippen molar-refractivity contribution in [1.82, 2.24) is 24.7 Å². The third kappa shape index (κ3) is 2.61. The van der Waals surface area contributed by atoms with Crippen LogP contribution in [0.25, 0.3) is 22.6 Å². The molecule has 0 saturated carbocycles. The van der Waals surface area contributed by atoms with Crippen molar-refractivity contribution in [2.45, 2.75) is 19.9 Å². The van der Waals surface area contributed by atoms with Crippen LogP contribution in [-0.2, 0) is 17.8 Å². The molecular weight excluding hydrogens is 359 g/mol. The first-order valence-electron chi connectivity index (χ1n) is 8.83. The molecule has 5 rings (SSSR count). The minimum Gasteiger partial charge on any atom is -0.310 e. The van der Waals surface area contributed by atoms with Crippen molar-refractivity contribution >= 4 is 22.8 Å². The first-order valence-corrected chi connectivity index (χ1v) is 8.83. The Kier molecular flexibility index (Phi) is 3.65. The van der Waals surface area contributed by atoms with E-state index < -0.39 is 0 Å². The lowest BCUT2D eigenvalue weighted by Crippen LogP contribution is -2.05. The summed E-state index contributed by atoms with van der Waals surface area (Å²) < 4.78 is 15.8. The van der Waals surface area contributed by atoms with E-state index in [1.165, 1.54) is 6.07 Å². The SMILES string of the molecule is Cc1nc(-c2nn(Cc3ccccc3F)c3ncccc23)nc2c1CC(=O)N2. The van der Waals surface area contributed by atoms with Gasteiger partial charge in [-0.25, -0.2) is 24.0 Å². The first kappa shape index (κ1) is 16.5. The van der Waals surface area contributed by atoms with Crippen molar-refractivity contribution in [3.8, 4) is 11.5 Å². The van der Waals surface area contributed by atoms with E-state index >= 15 is 0 Å². The Morgan fingerprint density at radius 2 is 2.04 bits per heavy atom. The maximum Gasteiger partial charge on any atom is 0.230 e. The fraction of sp³-hybridized carbons (Fsp3) is 0.150. The number of pyridine rings is 1. The maximum absolute atomic E-state index is 14.1. The molecule has 0 saturated heterocycles. The van der Waals surface area contributed by atoms with Crippen molar-refractivity contribution in [1.29, 1.82) is 0 Å². The number of carbonyl (C=O) groups is 1. The molecule has 1 aliphatic rings. The van der Waals surface area contributed by atoms with Crippen molar-refractivity contribution in [3.05, 3.63) is 65.2 Å². The Balaban J connectivity index is 1.66. The number of rotatable bonds is 3. The van der Waals surface area contributed by atoms with Crippen molar-refractivity contribution in [2.75, 3.05) is 5.32 Å². The Bertz CT molecular complexity index is 1250. The van der Waals surface area contributed by atoms with Crippen LogP contribution in [0, 0.1) is 12.7 Å². The van der Waals surface area contributed by atoms with E-state index in [0.29, 0.717) is 28.5 Å². The third-order valence-corrected chi connectivity index (χ3v) is 4.81. The molecule has 0 radical (unpaired) electrons. The Morgan fingerprint density at radius 3 is 2.89 bits per heavy atom. The maximum atomic E-state index is 14.1. The summed E-state index contributed by atoms with van der Waals surface area (Å²) in [6, 6.07) is 10.3. The van der Waals surface area contributed by atoms with Crippen LogP contribution in [0.4, 0.5) is 10.2 Å². The summed E-state index contributed by atoms with van der Waals surface area (Å²) in [5.41, 5.74) is 3.22. The van der Waals surface area contributed by atoms with Gasteiger partial charge in [-0.05, 0) is 25.1 Å². The van der Waals surface area contributed by atoms with Crippen LogP contribution in [0.3, 0.4) is 0 Å². The van der Waals surface area contributed by atoms with E-state index in [1.54, 1.807) is 29.1 Å². The summed E-state index contributed by atoms with van der Waals surface area (Å²) in [6.07, 6.45) is 1.95. The van der Waals surface area contributed by atoms with E-state index in [4.69, 9.17) is 0 Å². The van der Waals surface area contributed by atoms with Crippen LogP contribution in [-0.4, -0.2) is 30.6 Å². The van der Waals surface area contributed by atoms with Crippen molar-refractivity contribution < 1.29 is 9.18 Å². The van der Waals surface area contributed by atoms with Crippen molar-refractivity contribution in [2.24, 2.45) is 0 Å². The number of hydrogen-bond donors (Lipinski definition) is 1. The molecule has 28 heavy (non-hydrogen) atoms. The smallest absolute Gasteiger partial charge is 0.230 e. The average Bonchev–Trinajstić information content (AvgIpc) is 3.24. The minimum absolute atomic E-state index is 0.0962. The van der Waals surface area contributed by atoms with E-state index in [1.807, 2.05) is 19.1 Å². The number of amides is 1. The zero-order valence-electron chi connectivity index (χ0n) is 15.0. The zero-order valence-corrected chi connectivity index (χ0v) is 15.0. The van der Waals surface area contributed by atoms with Gasteiger partial charge in [0.25, 0.3) is 0 Å². The van der Waals surface area contributed by atoms with Gasteiger partial charge >= 0.3 is 0 Å². The Labute approximate surface area is 159 Å². The summed E-state index contributed by atoms with van der Waals surface area (Å²) >= 11 is 0. The van der Waals surface area contributed by atoms with Crippen LogP contribution in [0.15, 0.2) is 42.6 Å². The molecule has 8 heteroatoms. The molecule has 4 aromatic rings. The molecule has 1 N–H and O–H groups in total. The van der Waals surface area contributed by atoms with Gasteiger partial charge in [-0.2, -0.15) is 5.10 Å². The fourth-order valence-electron chi connectivity index (χ4n) is 3.43. The number of nitrogens with one attached hydrogen (secondary N) is 1. The molecular formula is C20H15FN6O. The summed E-state index contributed by atoms with van der Waals surface area (Å²) in [4.78, 5) is 25.2. The minimum atomic E-state index is -0.295. The van der Waals surface area contributed by atoms with Gasteiger partial charge < -0.3 is 5.32 Å². The summed E-state index contributed by atoms with van der Waals surface area (Å²) in [5, 5.41) is 8.16. The number of fused-ring (bicyclic) bond motifs is 2. The predicted molar refractivity (Wildman–Crippen MR) is 101 cm³/mol. The van der Waals surface area contributed by atoms with Gasteiger partial charge in [0.15, 0.2) is 11.5 Å². The molecule has 1 aliphatic heterocycles. The highest BCUT2D eigenvalue weighted by Crippen LogP contribution is 2.30. The Morgan fingerprint density at radius 1 is 1.18 bits per heavy atom. The second kappa shape index (κ2) is 6.19. The summed E-state index contributed by atoms with van der Waals surface area (Å²) in [5.74, 6) is 0.536. The molecule has 0 unspecified atom stereocenters. The van der Waals surface area contributed by atoms with Crippen LogP contribution in [0.5, 0.6) is 0 Å². The van der Waals surface area contributed by atoms with Crippen LogP contribution < -0.4 is 5.32 Å². The number of benzene rings is 1. The molecule has 0 atom stereocenters. The summed E-state index contributed by atoms with van der Waals surface area (Å²) in [6.45, 7) is 2.09. The molecule has 0 aliphatic carbocycles. The number of anilines is 1. The highest BCUT2D eigenvalue weighted by Gasteiger charge is 2.25. The topological polar surface area (TPSA) is 85.6 Å². The lowest BCUT2D eigenvalue weighted by atomic mass is 10.2. The van der Waals surface area contributed by atoms with Gasteiger partial charge in [-0.3, -0.25) is 4.79 Å². The van der Waals surface area contributed by atoms with Crippen LogP contribution >= 0.6 is 0 Å². The van der Waals surface area contributed by atoms with E-state index in [9.17, 15) is 9.18 Å². The molecule has 0 fully saturated rings. The Hall–Kier alpha value is -3.68. The van der Waals surface area contributed by atoms with Gasteiger partial charge in [0.2, 0.25) is 5.91 Å². The molecule has 0 bridgehead atoms. The lowest BCUT2D eigenvalue weighted by molar-refractivity contribution is -0.115. The largest absolute Gasteiger partial charge is 0.310 e. The molecule has 7 nitrogen and oxygen atoms in total. The quantitative estimate of drug-likeness (QED) is 0.596. The van der Waals surface area contributed by atoms with Crippen LogP contribution in [0.1, 0.15) is 16.8 Å². The number of aromatic nitrogens is 5. The van der Waals surface area contributed by atoms with Gasteiger partial charge in [0.1, 0.15) is 17.3 Å².